The van der Waals surface area contributed by atoms with Gasteiger partial charge < -0.3 is 9.73 Å². The highest BCUT2D eigenvalue weighted by Crippen LogP contribution is 2.30. The van der Waals surface area contributed by atoms with Crippen molar-refractivity contribution in [1.29, 1.82) is 0 Å². The molecule has 0 saturated carbocycles. The van der Waals surface area contributed by atoms with Crippen LogP contribution in [0.5, 0.6) is 0 Å². The Balaban J connectivity index is 2.40. The number of hydrogen-bond donors (Lipinski definition) is 1. The summed E-state index contributed by atoms with van der Waals surface area (Å²) in [6, 6.07) is 11.5. The van der Waals surface area contributed by atoms with Gasteiger partial charge in [-0.1, -0.05) is 29.8 Å². The van der Waals surface area contributed by atoms with Gasteiger partial charge in [-0.15, -0.1) is 0 Å². The Kier molecular flexibility index (Phi) is 3.69. The monoisotopic (exact) mass is 299 g/mol. The van der Waals surface area contributed by atoms with Gasteiger partial charge in [0.1, 0.15) is 5.76 Å². The summed E-state index contributed by atoms with van der Waals surface area (Å²) in [6.45, 7) is 0. The number of furan rings is 1. The largest absolute Gasteiger partial charge is 0.452 e. The molecule has 16 heavy (non-hydrogen) atoms. The minimum atomic E-state index is -0.0278. The second-order valence-corrected chi connectivity index (χ2v) is 4.57. The van der Waals surface area contributed by atoms with Crippen molar-refractivity contribution in [3.8, 4) is 0 Å². The molecule has 0 bridgehead atoms. The molecule has 2 rings (SSSR count). The molecule has 0 radical (unpaired) electrons. The van der Waals surface area contributed by atoms with Crippen molar-refractivity contribution >= 4 is 27.5 Å². The third-order valence-electron chi connectivity index (χ3n) is 2.38. The van der Waals surface area contributed by atoms with E-state index in [2.05, 4.69) is 21.2 Å². The van der Waals surface area contributed by atoms with Crippen LogP contribution in [0, 0.1) is 0 Å². The zero-order chi connectivity index (χ0) is 11.5. The van der Waals surface area contributed by atoms with Crippen molar-refractivity contribution in [2.75, 3.05) is 7.05 Å². The van der Waals surface area contributed by atoms with E-state index < -0.39 is 0 Å². The van der Waals surface area contributed by atoms with Crippen molar-refractivity contribution in [2.24, 2.45) is 0 Å². The van der Waals surface area contributed by atoms with Crippen LogP contribution in [0.3, 0.4) is 0 Å². The summed E-state index contributed by atoms with van der Waals surface area (Å²) in [7, 11) is 1.88. The van der Waals surface area contributed by atoms with E-state index in [0.717, 1.165) is 21.0 Å². The number of hydrogen-bond acceptors (Lipinski definition) is 2. The standard InChI is InChI=1S/C12H11BrClNO/c1-15-12(10-6-7-11(13)16-10)8-4-2-3-5-9(8)14/h2-7,12,15H,1H3. The minimum absolute atomic E-state index is 0.0278. The minimum Gasteiger partial charge on any atom is -0.452 e. The van der Waals surface area contributed by atoms with Crippen LogP contribution in [0.15, 0.2) is 45.5 Å². The molecule has 0 aliphatic carbocycles. The van der Waals surface area contributed by atoms with Crippen molar-refractivity contribution in [3.63, 3.8) is 0 Å². The second kappa shape index (κ2) is 5.04. The van der Waals surface area contributed by atoms with Gasteiger partial charge in [-0.2, -0.15) is 0 Å². The molecule has 1 N–H and O–H groups in total. The summed E-state index contributed by atoms with van der Waals surface area (Å²) in [6.07, 6.45) is 0. The zero-order valence-electron chi connectivity index (χ0n) is 8.71. The van der Waals surface area contributed by atoms with Gasteiger partial charge in [0.05, 0.1) is 6.04 Å². The normalized spacial score (nSPS) is 12.7. The zero-order valence-corrected chi connectivity index (χ0v) is 11.0. The molecule has 4 heteroatoms. The molecule has 0 amide bonds. The van der Waals surface area contributed by atoms with E-state index in [4.69, 9.17) is 16.0 Å². The maximum absolute atomic E-state index is 6.16. The van der Waals surface area contributed by atoms with Crippen LogP contribution in [-0.2, 0) is 0 Å². The average molecular weight is 301 g/mol. The summed E-state index contributed by atoms with van der Waals surface area (Å²) in [4.78, 5) is 0. The number of benzene rings is 1. The van der Waals surface area contributed by atoms with E-state index in [1.807, 2.05) is 43.4 Å². The molecule has 0 aliphatic rings. The first-order valence-corrected chi connectivity index (χ1v) is 6.06. The smallest absolute Gasteiger partial charge is 0.169 e. The van der Waals surface area contributed by atoms with Crippen LogP contribution in [0.4, 0.5) is 0 Å². The fraction of sp³-hybridized carbons (Fsp3) is 0.167. The Hall–Kier alpha value is -0.770. The van der Waals surface area contributed by atoms with E-state index in [0.29, 0.717) is 0 Å². The first-order chi connectivity index (χ1) is 7.72. The Morgan fingerprint density at radius 1 is 1.25 bits per heavy atom. The highest BCUT2D eigenvalue weighted by molar-refractivity contribution is 9.10. The van der Waals surface area contributed by atoms with E-state index >= 15 is 0 Å². The highest BCUT2D eigenvalue weighted by atomic mass is 79.9. The Labute approximate surface area is 108 Å². The SMILES string of the molecule is CNC(c1ccc(Br)o1)c1ccccc1Cl. The lowest BCUT2D eigenvalue weighted by Crippen LogP contribution is -2.17. The fourth-order valence-electron chi connectivity index (χ4n) is 1.64. The van der Waals surface area contributed by atoms with Crippen LogP contribution < -0.4 is 5.32 Å². The van der Waals surface area contributed by atoms with Gasteiger partial charge in [-0.05, 0) is 46.7 Å². The molecular weight excluding hydrogens is 289 g/mol. The lowest BCUT2D eigenvalue weighted by atomic mass is 10.1. The van der Waals surface area contributed by atoms with Gasteiger partial charge in [0.2, 0.25) is 0 Å². The Morgan fingerprint density at radius 2 is 2.00 bits per heavy atom. The van der Waals surface area contributed by atoms with Crippen LogP contribution in [0.25, 0.3) is 0 Å². The topological polar surface area (TPSA) is 25.2 Å². The summed E-state index contributed by atoms with van der Waals surface area (Å²) in [5.74, 6) is 0.836. The van der Waals surface area contributed by atoms with Gasteiger partial charge in [0.25, 0.3) is 0 Å². The Bertz CT molecular complexity index is 483. The van der Waals surface area contributed by atoms with Crippen LogP contribution in [-0.4, -0.2) is 7.05 Å². The predicted molar refractivity (Wildman–Crippen MR) is 68.8 cm³/mol. The lowest BCUT2D eigenvalue weighted by molar-refractivity contribution is 0.447. The van der Waals surface area contributed by atoms with Gasteiger partial charge >= 0.3 is 0 Å². The van der Waals surface area contributed by atoms with E-state index in [9.17, 15) is 0 Å². The second-order valence-electron chi connectivity index (χ2n) is 3.39. The van der Waals surface area contributed by atoms with Crippen LogP contribution in [0.2, 0.25) is 5.02 Å². The van der Waals surface area contributed by atoms with Gasteiger partial charge in [-0.25, -0.2) is 0 Å². The van der Waals surface area contributed by atoms with Gasteiger partial charge in [0.15, 0.2) is 4.67 Å². The third-order valence-corrected chi connectivity index (χ3v) is 3.15. The van der Waals surface area contributed by atoms with Crippen LogP contribution in [0.1, 0.15) is 17.4 Å². The average Bonchev–Trinajstić information content (AvgIpc) is 2.69. The summed E-state index contributed by atoms with van der Waals surface area (Å²) in [5.41, 5.74) is 1.01. The first-order valence-electron chi connectivity index (χ1n) is 4.89. The molecule has 1 heterocycles. The highest BCUT2D eigenvalue weighted by Gasteiger charge is 2.17. The fourth-order valence-corrected chi connectivity index (χ4v) is 2.21. The molecule has 1 unspecified atom stereocenters. The van der Waals surface area contributed by atoms with E-state index in [-0.39, 0.29) is 6.04 Å². The first kappa shape index (κ1) is 11.7. The predicted octanol–water partition coefficient (Wildman–Crippen LogP) is 4.00. The van der Waals surface area contributed by atoms with Crippen molar-refractivity contribution in [2.45, 2.75) is 6.04 Å². The Morgan fingerprint density at radius 3 is 2.56 bits per heavy atom. The molecule has 1 atom stereocenters. The molecule has 0 saturated heterocycles. The van der Waals surface area contributed by atoms with Crippen molar-refractivity contribution in [1.82, 2.24) is 5.32 Å². The molecule has 0 fully saturated rings. The molecule has 2 nitrogen and oxygen atoms in total. The van der Waals surface area contributed by atoms with E-state index in [1.165, 1.54) is 0 Å². The molecule has 2 aromatic rings. The molecule has 0 spiro atoms. The molecule has 1 aromatic carbocycles. The van der Waals surface area contributed by atoms with Crippen molar-refractivity contribution in [3.05, 3.63) is 57.4 Å². The van der Waals surface area contributed by atoms with Crippen LogP contribution >= 0.6 is 27.5 Å². The summed E-state index contributed by atoms with van der Waals surface area (Å²) >= 11 is 9.45. The maximum atomic E-state index is 6.16. The number of halogens is 2. The molecule has 1 aromatic heterocycles. The molecule has 84 valence electrons. The number of rotatable bonds is 3. The molecular formula is C12H11BrClNO. The van der Waals surface area contributed by atoms with Gasteiger partial charge in [-0.3, -0.25) is 0 Å². The maximum Gasteiger partial charge on any atom is 0.169 e. The van der Waals surface area contributed by atoms with Crippen molar-refractivity contribution < 1.29 is 4.42 Å². The lowest BCUT2D eigenvalue weighted by Gasteiger charge is -2.15. The number of nitrogens with one attached hydrogen (secondary N) is 1. The van der Waals surface area contributed by atoms with E-state index in [1.54, 1.807) is 0 Å². The molecule has 0 aliphatic heterocycles. The third kappa shape index (κ3) is 2.32. The summed E-state index contributed by atoms with van der Waals surface area (Å²) in [5, 5.41) is 3.92. The van der Waals surface area contributed by atoms with Gasteiger partial charge in [0, 0.05) is 5.02 Å². The quantitative estimate of drug-likeness (QED) is 0.926. The summed E-state index contributed by atoms with van der Waals surface area (Å²) < 4.78 is 6.26.